The number of H-pyrrole nitrogens is 1. The van der Waals surface area contributed by atoms with Crippen LogP contribution in [0.1, 0.15) is 53.5 Å². The molecule has 0 aromatic carbocycles. The minimum atomic E-state index is 0.180. The number of fused-ring (bicyclic) bond motifs is 1. The van der Waals surface area contributed by atoms with Gasteiger partial charge in [0.05, 0.1) is 5.69 Å². The highest BCUT2D eigenvalue weighted by molar-refractivity contribution is 5.76. The van der Waals surface area contributed by atoms with Crippen molar-refractivity contribution in [1.29, 1.82) is 0 Å². The van der Waals surface area contributed by atoms with Gasteiger partial charge < -0.3 is 9.88 Å². The Morgan fingerprint density at radius 1 is 1.17 bits per heavy atom. The lowest BCUT2D eigenvalue weighted by Crippen LogP contribution is -2.48. The van der Waals surface area contributed by atoms with Crippen LogP contribution in [0.3, 0.4) is 0 Å². The predicted molar refractivity (Wildman–Crippen MR) is 89.8 cm³/mol. The SMILES string of the molecule is CC(=O)N1CCN(CCCc2c(C=O)[nH]c3c2CCCC3)CC1. The average molecular weight is 317 g/mol. The molecule has 1 aromatic rings. The number of nitrogens with zero attached hydrogens (tertiary/aromatic N) is 2. The molecule has 5 nitrogen and oxygen atoms in total. The van der Waals surface area contributed by atoms with Crippen LogP contribution in [0.2, 0.25) is 0 Å². The summed E-state index contributed by atoms with van der Waals surface area (Å²) in [6.07, 6.45) is 7.71. The molecule has 1 aromatic heterocycles. The molecule has 0 atom stereocenters. The van der Waals surface area contributed by atoms with Crippen LogP contribution in [0.4, 0.5) is 0 Å². The van der Waals surface area contributed by atoms with E-state index in [0.29, 0.717) is 0 Å². The van der Waals surface area contributed by atoms with Crippen LogP contribution in [-0.2, 0) is 24.1 Å². The van der Waals surface area contributed by atoms with E-state index in [1.165, 1.54) is 29.7 Å². The highest BCUT2D eigenvalue weighted by Crippen LogP contribution is 2.27. The Labute approximate surface area is 138 Å². The molecule has 2 aliphatic rings. The van der Waals surface area contributed by atoms with Gasteiger partial charge in [-0.05, 0) is 56.2 Å². The first kappa shape index (κ1) is 16.2. The van der Waals surface area contributed by atoms with E-state index in [9.17, 15) is 9.59 Å². The van der Waals surface area contributed by atoms with Crippen LogP contribution in [0.5, 0.6) is 0 Å². The first-order valence-electron chi connectivity index (χ1n) is 8.84. The van der Waals surface area contributed by atoms with Crippen LogP contribution in [-0.4, -0.2) is 59.7 Å². The van der Waals surface area contributed by atoms with E-state index in [4.69, 9.17) is 0 Å². The molecule has 0 radical (unpaired) electrons. The van der Waals surface area contributed by atoms with Gasteiger partial charge in [-0.2, -0.15) is 0 Å². The zero-order valence-corrected chi connectivity index (χ0v) is 14.1. The lowest BCUT2D eigenvalue weighted by Gasteiger charge is -2.34. The summed E-state index contributed by atoms with van der Waals surface area (Å²) in [5.74, 6) is 0.180. The van der Waals surface area contributed by atoms with E-state index in [-0.39, 0.29) is 5.91 Å². The molecule has 0 bridgehead atoms. The van der Waals surface area contributed by atoms with Gasteiger partial charge in [0.1, 0.15) is 0 Å². The number of aldehydes is 1. The monoisotopic (exact) mass is 317 g/mol. The summed E-state index contributed by atoms with van der Waals surface area (Å²) in [5.41, 5.74) is 4.78. The Bertz CT molecular complexity index is 571. The van der Waals surface area contributed by atoms with Gasteiger partial charge in [0.25, 0.3) is 0 Å². The minimum Gasteiger partial charge on any atom is -0.356 e. The van der Waals surface area contributed by atoms with Gasteiger partial charge in [-0.1, -0.05) is 0 Å². The molecule has 1 aliphatic heterocycles. The van der Waals surface area contributed by atoms with E-state index in [1.807, 2.05) is 4.90 Å². The standard InChI is InChI=1S/C18H27N3O2/c1-14(23)21-11-9-20(10-12-21)8-4-6-16-15-5-2-3-7-17(15)19-18(16)13-22/h13,19H,2-12H2,1H3. The van der Waals surface area contributed by atoms with Crippen molar-refractivity contribution in [2.75, 3.05) is 32.7 Å². The summed E-state index contributed by atoms with van der Waals surface area (Å²) >= 11 is 0. The van der Waals surface area contributed by atoms with Crippen molar-refractivity contribution in [2.24, 2.45) is 0 Å². The third kappa shape index (κ3) is 3.66. The number of rotatable bonds is 5. The van der Waals surface area contributed by atoms with Gasteiger partial charge in [0.2, 0.25) is 5.91 Å². The molecule has 0 unspecified atom stereocenters. The van der Waals surface area contributed by atoms with Crippen molar-refractivity contribution >= 4 is 12.2 Å². The molecule has 1 amide bonds. The van der Waals surface area contributed by atoms with Crippen LogP contribution >= 0.6 is 0 Å². The minimum absolute atomic E-state index is 0.180. The Morgan fingerprint density at radius 3 is 2.61 bits per heavy atom. The van der Waals surface area contributed by atoms with E-state index in [1.54, 1.807) is 6.92 Å². The highest BCUT2D eigenvalue weighted by atomic mass is 16.2. The first-order chi connectivity index (χ1) is 11.2. The first-order valence-corrected chi connectivity index (χ1v) is 8.84. The molecule has 1 saturated heterocycles. The number of carbonyl (C=O) groups excluding carboxylic acids is 2. The predicted octanol–water partition coefficient (Wildman–Crippen LogP) is 1.80. The second kappa shape index (κ2) is 7.30. The second-order valence-electron chi connectivity index (χ2n) is 6.75. The summed E-state index contributed by atoms with van der Waals surface area (Å²) in [6.45, 7) is 6.30. The van der Waals surface area contributed by atoms with Crippen molar-refractivity contribution in [3.8, 4) is 0 Å². The number of aryl methyl sites for hydroxylation is 1. The average Bonchev–Trinajstić information content (AvgIpc) is 2.93. The molecular formula is C18H27N3O2. The maximum Gasteiger partial charge on any atom is 0.219 e. The molecular weight excluding hydrogens is 290 g/mol. The molecule has 3 rings (SSSR count). The Morgan fingerprint density at radius 2 is 1.91 bits per heavy atom. The number of aromatic nitrogens is 1. The van der Waals surface area contributed by atoms with E-state index in [2.05, 4.69) is 9.88 Å². The molecule has 1 aliphatic carbocycles. The van der Waals surface area contributed by atoms with Crippen molar-refractivity contribution in [3.63, 3.8) is 0 Å². The summed E-state index contributed by atoms with van der Waals surface area (Å²) in [5, 5.41) is 0. The fraction of sp³-hybridized carbons (Fsp3) is 0.667. The molecule has 1 N–H and O–H groups in total. The summed E-state index contributed by atoms with van der Waals surface area (Å²) in [7, 11) is 0. The third-order valence-corrected chi connectivity index (χ3v) is 5.28. The fourth-order valence-corrected chi connectivity index (χ4v) is 3.93. The Balaban J connectivity index is 1.52. The normalized spacial score (nSPS) is 18.7. The zero-order chi connectivity index (χ0) is 16.2. The van der Waals surface area contributed by atoms with Crippen molar-refractivity contribution in [1.82, 2.24) is 14.8 Å². The van der Waals surface area contributed by atoms with Gasteiger partial charge in [-0.3, -0.25) is 14.5 Å². The molecule has 0 spiro atoms. The maximum absolute atomic E-state index is 11.4. The molecule has 1 fully saturated rings. The molecule has 126 valence electrons. The summed E-state index contributed by atoms with van der Waals surface area (Å²) < 4.78 is 0. The summed E-state index contributed by atoms with van der Waals surface area (Å²) in [6, 6.07) is 0. The van der Waals surface area contributed by atoms with Crippen molar-refractivity contribution < 1.29 is 9.59 Å². The number of hydrogen-bond acceptors (Lipinski definition) is 3. The van der Waals surface area contributed by atoms with Crippen LogP contribution in [0.25, 0.3) is 0 Å². The van der Waals surface area contributed by atoms with E-state index in [0.717, 1.165) is 70.4 Å². The van der Waals surface area contributed by atoms with Crippen molar-refractivity contribution in [3.05, 3.63) is 22.5 Å². The van der Waals surface area contributed by atoms with E-state index < -0.39 is 0 Å². The van der Waals surface area contributed by atoms with Crippen molar-refractivity contribution in [2.45, 2.75) is 45.4 Å². The largest absolute Gasteiger partial charge is 0.356 e. The molecule has 2 heterocycles. The van der Waals surface area contributed by atoms with Crippen LogP contribution in [0, 0.1) is 0 Å². The number of amides is 1. The smallest absolute Gasteiger partial charge is 0.219 e. The number of aromatic amines is 1. The number of carbonyl (C=O) groups is 2. The van der Waals surface area contributed by atoms with Crippen LogP contribution < -0.4 is 0 Å². The third-order valence-electron chi connectivity index (χ3n) is 5.28. The number of nitrogens with one attached hydrogen (secondary N) is 1. The molecule has 0 saturated carbocycles. The number of piperazine rings is 1. The van der Waals surface area contributed by atoms with Gasteiger partial charge in [-0.15, -0.1) is 0 Å². The molecule has 23 heavy (non-hydrogen) atoms. The fourth-order valence-electron chi connectivity index (χ4n) is 3.93. The Kier molecular flexibility index (Phi) is 5.16. The topological polar surface area (TPSA) is 56.4 Å². The van der Waals surface area contributed by atoms with Gasteiger partial charge in [-0.25, -0.2) is 0 Å². The van der Waals surface area contributed by atoms with Gasteiger partial charge in [0, 0.05) is 38.8 Å². The zero-order valence-electron chi connectivity index (χ0n) is 14.1. The lowest BCUT2D eigenvalue weighted by atomic mass is 9.92. The van der Waals surface area contributed by atoms with Gasteiger partial charge >= 0.3 is 0 Å². The Hall–Kier alpha value is -1.62. The van der Waals surface area contributed by atoms with Gasteiger partial charge in [0.15, 0.2) is 6.29 Å². The quantitative estimate of drug-likeness (QED) is 0.843. The molecule has 5 heteroatoms. The maximum atomic E-state index is 11.4. The van der Waals surface area contributed by atoms with Crippen LogP contribution in [0.15, 0.2) is 0 Å². The second-order valence-corrected chi connectivity index (χ2v) is 6.75. The highest BCUT2D eigenvalue weighted by Gasteiger charge is 2.21. The number of hydrogen-bond donors (Lipinski definition) is 1. The van der Waals surface area contributed by atoms with E-state index >= 15 is 0 Å². The summed E-state index contributed by atoms with van der Waals surface area (Å²) in [4.78, 5) is 30.4. The lowest BCUT2D eigenvalue weighted by molar-refractivity contribution is -0.130.